The van der Waals surface area contributed by atoms with Gasteiger partial charge in [0, 0.05) is 18.1 Å². The van der Waals surface area contributed by atoms with Crippen LogP contribution in [0.2, 0.25) is 0 Å². The van der Waals surface area contributed by atoms with Crippen molar-refractivity contribution in [1.29, 1.82) is 0 Å². The van der Waals surface area contributed by atoms with E-state index in [9.17, 15) is 14.0 Å². The molecule has 3 aromatic rings. The summed E-state index contributed by atoms with van der Waals surface area (Å²) in [4.78, 5) is 28.2. The van der Waals surface area contributed by atoms with Gasteiger partial charge in [-0.15, -0.1) is 0 Å². The van der Waals surface area contributed by atoms with Gasteiger partial charge >= 0.3 is 5.97 Å². The third-order valence-corrected chi connectivity index (χ3v) is 4.98. The van der Waals surface area contributed by atoms with E-state index in [1.165, 1.54) is 12.1 Å². The molecule has 8 heteroatoms. The summed E-state index contributed by atoms with van der Waals surface area (Å²) in [6, 6.07) is 11.8. The molecule has 0 unspecified atom stereocenters. The second kappa shape index (κ2) is 9.38. The zero-order chi connectivity index (χ0) is 20.8. The molecule has 1 aromatic heterocycles. The first-order valence-electron chi connectivity index (χ1n) is 8.87. The summed E-state index contributed by atoms with van der Waals surface area (Å²) in [5, 5.41) is 3.26. The van der Waals surface area contributed by atoms with Crippen LogP contribution in [0.25, 0.3) is 5.69 Å². The van der Waals surface area contributed by atoms with Crippen LogP contribution < -0.4 is 5.32 Å². The van der Waals surface area contributed by atoms with Crippen LogP contribution in [0.4, 0.5) is 10.1 Å². The smallest absolute Gasteiger partial charge is 0.316 e. The molecular weight excluding hydrogens is 393 g/mol. The lowest BCUT2D eigenvalue weighted by molar-refractivity contribution is -0.144. The molecule has 0 atom stereocenters. The number of hydrogen-bond donors (Lipinski definition) is 1. The van der Waals surface area contributed by atoms with E-state index in [0.29, 0.717) is 16.5 Å². The standard InChI is InChI=1S/C21H20FN3O3S/c1-14-6-7-15(2)18(10-14)24-19(26)12-28-20(27)13-29-21-23-8-9-25(21)17-5-3-4-16(22)11-17/h3-11H,12-13H2,1-2H3,(H,24,26). The van der Waals surface area contributed by atoms with Gasteiger partial charge in [-0.25, -0.2) is 9.37 Å². The van der Waals surface area contributed by atoms with Crippen molar-refractivity contribution in [3.8, 4) is 5.69 Å². The van der Waals surface area contributed by atoms with Crippen LogP contribution in [0.5, 0.6) is 0 Å². The summed E-state index contributed by atoms with van der Waals surface area (Å²) in [6.07, 6.45) is 3.25. The highest BCUT2D eigenvalue weighted by molar-refractivity contribution is 7.99. The Labute approximate surface area is 172 Å². The molecule has 0 saturated carbocycles. The molecule has 3 rings (SSSR count). The molecule has 0 aliphatic carbocycles. The highest BCUT2D eigenvalue weighted by Crippen LogP contribution is 2.21. The lowest BCUT2D eigenvalue weighted by Gasteiger charge is -2.10. The van der Waals surface area contributed by atoms with Gasteiger partial charge in [0.05, 0.1) is 11.4 Å². The van der Waals surface area contributed by atoms with Gasteiger partial charge in [0.1, 0.15) is 5.82 Å². The monoisotopic (exact) mass is 413 g/mol. The Bertz CT molecular complexity index is 1040. The summed E-state index contributed by atoms with van der Waals surface area (Å²) < 4.78 is 20.1. The highest BCUT2D eigenvalue weighted by atomic mass is 32.2. The van der Waals surface area contributed by atoms with Crippen molar-refractivity contribution in [3.63, 3.8) is 0 Å². The van der Waals surface area contributed by atoms with Crippen LogP contribution in [0.15, 0.2) is 60.0 Å². The Balaban J connectivity index is 1.50. The second-order valence-electron chi connectivity index (χ2n) is 6.38. The number of esters is 1. The number of nitrogens with zero attached hydrogens (tertiary/aromatic N) is 2. The van der Waals surface area contributed by atoms with Crippen LogP contribution in [0.1, 0.15) is 11.1 Å². The van der Waals surface area contributed by atoms with Gasteiger partial charge in [-0.3, -0.25) is 14.2 Å². The van der Waals surface area contributed by atoms with Gasteiger partial charge in [-0.05, 0) is 49.2 Å². The average molecular weight is 413 g/mol. The number of benzene rings is 2. The summed E-state index contributed by atoms with van der Waals surface area (Å²) >= 11 is 1.15. The molecule has 1 heterocycles. The molecule has 0 bridgehead atoms. The Morgan fingerprint density at radius 2 is 2.03 bits per heavy atom. The van der Waals surface area contributed by atoms with Gasteiger partial charge in [-0.1, -0.05) is 30.0 Å². The third-order valence-electron chi connectivity index (χ3n) is 4.04. The number of imidazole rings is 1. The lowest BCUT2D eigenvalue weighted by atomic mass is 10.1. The van der Waals surface area contributed by atoms with E-state index in [1.807, 2.05) is 32.0 Å². The Hall–Kier alpha value is -3.13. The first kappa shape index (κ1) is 20.6. The quantitative estimate of drug-likeness (QED) is 0.470. The number of hydrogen-bond acceptors (Lipinski definition) is 5. The van der Waals surface area contributed by atoms with E-state index < -0.39 is 11.9 Å². The maximum atomic E-state index is 13.4. The first-order chi connectivity index (χ1) is 13.9. The molecule has 0 fully saturated rings. The van der Waals surface area contributed by atoms with Crippen molar-refractivity contribution in [1.82, 2.24) is 9.55 Å². The van der Waals surface area contributed by atoms with Gasteiger partial charge < -0.3 is 10.1 Å². The molecule has 0 radical (unpaired) electrons. The largest absolute Gasteiger partial charge is 0.455 e. The summed E-state index contributed by atoms with van der Waals surface area (Å²) in [5.41, 5.74) is 3.24. The van der Waals surface area contributed by atoms with Crippen LogP contribution >= 0.6 is 11.8 Å². The van der Waals surface area contributed by atoms with E-state index in [0.717, 1.165) is 22.9 Å². The Morgan fingerprint density at radius 1 is 1.21 bits per heavy atom. The van der Waals surface area contributed by atoms with E-state index >= 15 is 0 Å². The van der Waals surface area contributed by atoms with E-state index in [1.54, 1.807) is 29.1 Å². The SMILES string of the molecule is Cc1ccc(C)c(NC(=O)COC(=O)CSc2nccn2-c2cccc(F)c2)c1. The van der Waals surface area contributed by atoms with E-state index in [2.05, 4.69) is 10.3 Å². The summed E-state index contributed by atoms with van der Waals surface area (Å²) in [6.45, 7) is 3.45. The van der Waals surface area contributed by atoms with E-state index in [4.69, 9.17) is 4.74 Å². The molecule has 29 heavy (non-hydrogen) atoms. The average Bonchev–Trinajstić information content (AvgIpc) is 3.16. The summed E-state index contributed by atoms with van der Waals surface area (Å²) in [5.74, 6) is -1.33. The molecule has 0 spiro atoms. The van der Waals surface area contributed by atoms with Crippen molar-refractivity contribution in [2.45, 2.75) is 19.0 Å². The predicted octanol–water partition coefficient (Wildman–Crippen LogP) is 3.90. The number of carbonyl (C=O) groups excluding carboxylic acids is 2. The van der Waals surface area contributed by atoms with Crippen LogP contribution in [0, 0.1) is 19.7 Å². The fraction of sp³-hybridized carbons (Fsp3) is 0.190. The maximum absolute atomic E-state index is 13.4. The van der Waals surface area contributed by atoms with Crippen molar-refractivity contribution < 1.29 is 18.7 Å². The number of thioether (sulfide) groups is 1. The zero-order valence-electron chi connectivity index (χ0n) is 16.0. The highest BCUT2D eigenvalue weighted by Gasteiger charge is 2.13. The van der Waals surface area contributed by atoms with Crippen molar-refractivity contribution >= 4 is 29.3 Å². The molecule has 0 aliphatic rings. The number of carbonyl (C=O) groups is 2. The number of nitrogens with one attached hydrogen (secondary N) is 1. The molecule has 1 amide bonds. The Kier molecular flexibility index (Phi) is 6.66. The fourth-order valence-corrected chi connectivity index (χ4v) is 3.36. The fourth-order valence-electron chi connectivity index (χ4n) is 2.59. The predicted molar refractivity (Wildman–Crippen MR) is 110 cm³/mol. The van der Waals surface area contributed by atoms with Crippen molar-refractivity contribution in [3.05, 3.63) is 71.8 Å². The molecule has 2 aromatic carbocycles. The Morgan fingerprint density at radius 3 is 2.83 bits per heavy atom. The minimum atomic E-state index is -0.542. The van der Waals surface area contributed by atoms with Gasteiger partial charge in [0.25, 0.3) is 5.91 Å². The van der Waals surface area contributed by atoms with Crippen LogP contribution in [0.3, 0.4) is 0 Å². The van der Waals surface area contributed by atoms with Crippen LogP contribution in [-0.2, 0) is 14.3 Å². The molecule has 0 saturated heterocycles. The van der Waals surface area contributed by atoms with Gasteiger partial charge in [0.2, 0.25) is 0 Å². The lowest BCUT2D eigenvalue weighted by Crippen LogP contribution is -2.22. The molecule has 0 aliphatic heterocycles. The minimum Gasteiger partial charge on any atom is -0.455 e. The number of halogens is 1. The zero-order valence-corrected chi connectivity index (χ0v) is 16.8. The summed E-state index contributed by atoms with van der Waals surface area (Å²) in [7, 11) is 0. The first-order valence-corrected chi connectivity index (χ1v) is 9.86. The normalized spacial score (nSPS) is 10.6. The molecule has 150 valence electrons. The number of anilines is 1. The number of rotatable bonds is 7. The minimum absolute atomic E-state index is 0.0247. The second-order valence-corrected chi connectivity index (χ2v) is 7.32. The number of aromatic nitrogens is 2. The van der Waals surface area contributed by atoms with Crippen LogP contribution in [-0.4, -0.2) is 33.8 Å². The number of amides is 1. The number of aryl methyl sites for hydroxylation is 2. The molecule has 1 N–H and O–H groups in total. The molecular formula is C21H20FN3O3S. The van der Waals surface area contributed by atoms with E-state index in [-0.39, 0.29) is 18.2 Å². The molecule has 6 nitrogen and oxygen atoms in total. The maximum Gasteiger partial charge on any atom is 0.316 e. The van der Waals surface area contributed by atoms with Crippen molar-refractivity contribution in [2.75, 3.05) is 17.7 Å². The van der Waals surface area contributed by atoms with Gasteiger partial charge in [0.15, 0.2) is 11.8 Å². The topological polar surface area (TPSA) is 73.2 Å². The van der Waals surface area contributed by atoms with Crippen molar-refractivity contribution in [2.24, 2.45) is 0 Å². The number of ether oxygens (including phenoxy) is 1. The van der Waals surface area contributed by atoms with Gasteiger partial charge in [-0.2, -0.15) is 0 Å². The third kappa shape index (κ3) is 5.68.